The van der Waals surface area contributed by atoms with Crippen LogP contribution in [-0.4, -0.2) is 29.5 Å². The first-order valence-corrected chi connectivity index (χ1v) is 8.89. The number of carbonyl (C=O) groups is 1. The van der Waals surface area contributed by atoms with Gasteiger partial charge in [0.05, 0.1) is 0 Å². The number of hydrogen-bond donors (Lipinski definition) is 1. The van der Waals surface area contributed by atoms with Gasteiger partial charge in [-0.15, -0.1) is 0 Å². The van der Waals surface area contributed by atoms with Crippen LogP contribution in [0.1, 0.15) is 47.3 Å². The lowest BCUT2D eigenvalue weighted by molar-refractivity contribution is -0.131. The zero-order valence-electron chi connectivity index (χ0n) is 14.9. The molecule has 0 aliphatic heterocycles. The van der Waals surface area contributed by atoms with Crippen molar-refractivity contribution < 1.29 is 9.53 Å². The summed E-state index contributed by atoms with van der Waals surface area (Å²) in [5.74, 6) is 0.676. The first-order chi connectivity index (χ1) is 12.2. The van der Waals surface area contributed by atoms with Crippen molar-refractivity contribution in [2.45, 2.75) is 45.1 Å². The Balaban J connectivity index is 1.59. The van der Waals surface area contributed by atoms with Crippen molar-refractivity contribution in [3.63, 3.8) is 0 Å². The monoisotopic (exact) mass is 339 g/mol. The number of ether oxygens (including phenoxy) is 1. The predicted molar refractivity (Wildman–Crippen MR) is 96.3 cm³/mol. The third kappa shape index (κ3) is 4.23. The summed E-state index contributed by atoms with van der Waals surface area (Å²) in [6, 6.07) is 9.51. The summed E-state index contributed by atoms with van der Waals surface area (Å²) in [6.07, 6.45) is 4.59. The molecule has 1 heterocycles. The molecule has 1 atom stereocenters. The molecule has 1 N–H and O–H groups in total. The van der Waals surface area contributed by atoms with Gasteiger partial charge in [-0.1, -0.05) is 30.3 Å². The van der Waals surface area contributed by atoms with Crippen LogP contribution in [0.2, 0.25) is 0 Å². The molecule has 2 aromatic rings. The quantitative estimate of drug-likeness (QED) is 0.879. The lowest BCUT2D eigenvalue weighted by atomic mass is 9.95. The van der Waals surface area contributed by atoms with Crippen LogP contribution < -0.4 is 5.32 Å². The van der Waals surface area contributed by atoms with Gasteiger partial charge in [0.25, 0.3) is 5.91 Å². The molecule has 1 aromatic carbocycles. The van der Waals surface area contributed by atoms with Crippen LogP contribution in [0.3, 0.4) is 0 Å². The number of carbonyl (C=O) groups excluding carboxylic acids is 1. The molecular weight excluding hydrogens is 314 g/mol. The molecule has 25 heavy (non-hydrogen) atoms. The molecule has 5 heteroatoms. The van der Waals surface area contributed by atoms with E-state index in [0.29, 0.717) is 13.0 Å². The molecule has 0 unspecified atom stereocenters. The Kier molecular flexibility index (Phi) is 5.76. The van der Waals surface area contributed by atoms with Crippen LogP contribution >= 0.6 is 0 Å². The molecule has 0 radical (unpaired) electrons. The van der Waals surface area contributed by atoms with Crippen molar-refractivity contribution >= 4 is 5.91 Å². The minimum Gasteiger partial charge on any atom is -0.367 e. The fraction of sp³-hybridized carbons (Fsp3) is 0.450. The molecule has 5 nitrogen and oxygen atoms in total. The average Bonchev–Trinajstić information content (AvgIpc) is 2.63. The summed E-state index contributed by atoms with van der Waals surface area (Å²) >= 11 is 0. The van der Waals surface area contributed by atoms with E-state index in [9.17, 15) is 4.79 Å². The average molecular weight is 339 g/mol. The zero-order valence-corrected chi connectivity index (χ0v) is 14.9. The Morgan fingerprint density at radius 2 is 1.96 bits per heavy atom. The van der Waals surface area contributed by atoms with Crippen LogP contribution in [-0.2, 0) is 28.8 Å². The highest BCUT2D eigenvalue weighted by atomic mass is 16.5. The largest absolute Gasteiger partial charge is 0.367 e. The number of methoxy groups -OCH3 is 1. The van der Waals surface area contributed by atoms with E-state index in [-0.39, 0.29) is 5.91 Å². The van der Waals surface area contributed by atoms with Gasteiger partial charge >= 0.3 is 0 Å². The van der Waals surface area contributed by atoms with Crippen molar-refractivity contribution in [1.82, 2.24) is 15.3 Å². The van der Waals surface area contributed by atoms with Gasteiger partial charge in [0, 0.05) is 31.5 Å². The van der Waals surface area contributed by atoms with Crippen LogP contribution in [0, 0.1) is 6.92 Å². The number of aromatic nitrogens is 2. The van der Waals surface area contributed by atoms with Gasteiger partial charge in [0.1, 0.15) is 5.82 Å². The summed E-state index contributed by atoms with van der Waals surface area (Å²) in [6.45, 7) is 2.56. The fourth-order valence-corrected chi connectivity index (χ4v) is 3.37. The SMILES string of the molecule is CO[C@H](C(=O)NCCc1nc(C)c2c(n1)CCCC2)c1ccccc1. The van der Waals surface area contributed by atoms with Crippen molar-refractivity contribution in [1.29, 1.82) is 0 Å². The molecule has 0 spiro atoms. The molecule has 0 saturated heterocycles. The van der Waals surface area contributed by atoms with Gasteiger partial charge in [0.15, 0.2) is 6.10 Å². The number of amides is 1. The number of nitrogens with zero attached hydrogens (tertiary/aromatic N) is 2. The molecule has 0 bridgehead atoms. The first-order valence-electron chi connectivity index (χ1n) is 8.89. The lowest BCUT2D eigenvalue weighted by Gasteiger charge is -2.18. The van der Waals surface area contributed by atoms with Gasteiger partial charge < -0.3 is 10.1 Å². The summed E-state index contributed by atoms with van der Waals surface area (Å²) < 4.78 is 5.35. The van der Waals surface area contributed by atoms with E-state index in [1.165, 1.54) is 24.1 Å². The molecule has 3 rings (SSSR count). The van der Waals surface area contributed by atoms with E-state index < -0.39 is 6.10 Å². The van der Waals surface area contributed by atoms with E-state index in [1.807, 2.05) is 30.3 Å². The number of benzene rings is 1. The number of hydrogen-bond acceptors (Lipinski definition) is 4. The Bertz CT molecular complexity index is 731. The first kappa shape index (κ1) is 17.5. The molecule has 1 amide bonds. The lowest BCUT2D eigenvalue weighted by Crippen LogP contribution is -2.32. The maximum atomic E-state index is 12.4. The summed E-state index contributed by atoms with van der Waals surface area (Å²) in [5.41, 5.74) is 4.45. The molecule has 1 aliphatic rings. The van der Waals surface area contributed by atoms with Crippen LogP contribution in [0.5, 0.6) is 0 Å². The van der Waals surface area contributed by atoms with E-state index in [0.717, 1.165) is 29.9 Å². The van der Waals surface area contributed by atoms with Gasteiger partial charge in [0.2, 0.25) is 0 Å². The van der Waals surface area contributed by atoms with Crippen molar-refractivity contribution in [2.24, 2.45) is 0 Å². The highest BCUT2D eigenvalue weighted by Gasteiger charge is 2.20. The van der Waals surface area contributed by atoms with Gasteiger partial charge in [-0.25, -0.2) is 9.97 Å². The van der Waals surface area contributed by atoms with Crippen LogP contribution in [0.15, 0.2) is 30.3 Å². The standard InChI is InChI=1S/C20H25N3O2/c1-14-16-10-6-7-11-17(16)23-18(22-14)12-13-21-20(24)19(25-2)15-8-4-3-5-9-15/h3-5,8-9,19H,6-7,10-13H2,1-2H3,(H,21,24)/t19-/m0/s1. The van der Waals surface area contributed by atoms with E-state index in [4.69, 9.17) is 9.72 Å². The second kappa shape index (κ2) is 8.21. The predicted octanol–water partition coefficient (Wildman–Crippen LogP) is 2.71. The third-order valence-electron chi connectivity index (χ3n) is 4.66. The Morgan fingerprint density at radius 3 is 2.72 bits per heavy atom. The summed E-state index contributed by atoms with van der Waals surface area (Å²) in [7, 11) is 1.55. The normalized spacial score (nSPS) is 14.6. The highest BCUT2D eigenvalue weighted by molar-refractivity contribution is 5.82. The minimum absolute atomic E-state index is 0.136. The molecule has 0 saturated carbocycles. The maximum Gasteiger partial charge on any atom is 0.253 e. The summed E-state index contributed by atoms with van der Waals surface area (Å²) in [4.78, 5) is 21.7. The molecule has 1 aliphatic carbocycles. The van der Waals surface area contributed by atoms with Crippen LogP contribution in [0.4, 0.5) is 0 Å². The molecule has 132 valence electrons. The maximum absolute atomic E-state index is 12.4. The topological polar surface area (TPSA) is 64.1 Å². The molecule has 1 aromatic heterocycles. The Labute approximate surface area is 148 Å². The second-order valence-electron chi connectivity index (χ2n) is 6.43. The smallest absolute Gasteiger partial charge is 0.253 e. The van der Waals surface area contributed by atoms with E-state index in [1.54, 1.807) is 7.11 Å². The number of fused-ring (bicyclic) bond motifs is 1. The van der Waals surface area contributed by atoms with Crippen LogP contribution in [0.25, 0.3) is 0 Å². The van der Waals surface area contributed by atoms with E-state index in [2.05, 4.69) is 17.2 Å². The molecule has 0 fully saturated rings. The minimum atomic E-state index is -0.590. The summed E-state index contributed by atoms with van der Waals surface area (Å²) in [5, 5.41) is 2.94. The molecular formula is C20H25N3O2. The highest BCUT2D eigenvalue weighted by Crippen LogP contribution is 2.21. The van der Waals surface area contributed by atoms with E-state index >= 15 is 0 Å². The van der Waals surface area contributed by atoms with Crippen molar-refractivity contribution in [2.75, 3.05) is 13.7 Å². The fourth-order valence-electron chi connectivity index (χ4n) is 3.37. The Hall–Kier alpha value is -2.27. The van der Waals surface area contributed by atoms with Crippen molar-refractivity contribution in [3.05, 3.63) is 58.7 Å². The van der Waals surface area contributed by atoms with Gasteiger partial charge in [-0.3, -0.25) is 4.79 Å². The number of rotatable bonds is 6. The van der Waals surface area contributed by atoms with Crippen molar-refractivity contribution in [3.8, 4) is 0 Å². The number of nitrogens with one attached hydrogen (secondary N) is 1. The van der Waals surface area contributed by atoms with Gasteiger partial charge in [-0.05, 0) is 43.7 Å². The third-order valence-corrected chi connectivity index (χ3v) is 4.66. The van der Waals surface area contributed by atoms with Gasteiger partial charge in [-0.2, -0.15) is 0 Å². The zero-order chi connectivity index (χ0) is 17.6. The Morgan fingerprint density at radius 1 is 1.20 bits per heavy atom. The second-order valence-corrected chi connectivity index (χ2v) is 6.43. The number of aryl methyl sites for hydroxylation is 2.